The van der Waals surface area contributed by atoms with Gasteiger partial charge < -0.3 is 10.6 Å². The largest absolute Gasteiger partial charge is 0.374 e. The molecule has 1 aromatic carbocycles. The summed E-state index contributed by atoms with van der Waals surface area (Å²) in [5, 5.41) is 7.98. The lowest BCUT2D eigenvalue weighted by Crippen LogP contribution is -2.41. The summed E-state index contributed by atoms with van der Waals surface area (Å²) in [4.78, 5) is 14.4. The minimum Gasteiger partial charge on any atom is -0.374 e. The number of amides is 1. The van der Waals surface area contributed by atoms with Crippen molar-refractivity contribution in [2.45, 2.75) is 23.3 Å². The maximum absolute atomic E-state index is 12.8. The van der Waals surface area contributed by atoms with Crippen molar-refractivity contribution in [3.63, 3.8) is 0 Å². The van der Waals surface area contributed by atoms with Crippen LogP contribution in [-0.4, -0.2) is 52.7 Å². The molecule has 0 unspecified atom stereocenters. The number of rotatable bonds is 6. The number of thioether (sulfide) groups is 1. The average Bonchev–Trinajstić information content (AvgIpc) is 3.16. The Morgan fingerprint density at radius 1 is 1.32 bits per heavy atom. The molecule has 1 aliphatic rings. The van der Waals surface area contributed by atoms with Crippen LogP contribution in [0.25, 0.3) is 0 Å². The first-order valence-corrected chi connectivity index (χ1v) is 11.3. The minimum absolute atomic E-state index is 0.0298. The number of benzene rings is 1. The van der Waals surface area contributed by atoms with Gasteiger partial charge in [0.2, 0.25) is 11.0 Å². The average molecular weight is 399 g/mol. The number of hydrogen-bond acceptors (Lipinski definition) is 8. The summed E-state index contributed by atoms with van der Waals surface area (Å²) in [6, 6.07) is 9.30. The molecule has 1 amide bonds. The number of sulfone groups is 1. The smallest absolute Gasteiger partial charge is 0.233 e. The number of aromatic nitrogens is 2. The van der Waals surface area contributed by atoms with E-state index in [0.717, 1.165) is 5.56 Å². The Hall–Kier alpha value is -1.65. The van der Waals surface area contributed by atoms with Crippen LogP contribution in [0.1, 0.15) is 12.0 Å². The van der Waals surface area contributed by atoms with Crippen molar-refractivity contribution >= 4 is 44.0 Å². The highest BCUT2D eigenvalue weighted by Gasteiger charge is 2.34. The Labute approximate surface area is 154 Å². The van der Waals surface area contributed by atoms with Crippen LogP contribution in [-0.2, 0) is 21.2 Å². The minimum atomic E-state index is -3.07. The second kappa shape index (κ2) is 7.71. The molecular formula is C15H18N4O3S3. The molecule has 0 aliphatic carbocycles. The van der Waals surface area contributed by atoms with Gasteiger partial charge in [0.05, 0.1) is 17.3 Å². The molecule has 10 heteroatoms. The van der Waals surface area contributed by atoms with Gasteiger partial charge in [0.1, 0.15) is 0 Å². The van der Waals surface area contributed by atoms with Crippen molar-refractivity contribution in [2.75, 3.05) is 23.0 Å². The molecule has 0 saturated carbocycles. The van der Waals surface area contributed by atoms with Crippen LogP contribution >= 0.6 is 23.1 Å². The van der Waals surface area contributed by atoms with Crippen molar-refractivity contribution in [1.29, 1.82) is 0 Å². The van der Waals surface area contributed by atoms with Crippen molar-refractivity contribution in [2.24, 2.45) is 0 Å². The van der Waals surface area contributed by atoms with E-state index in [1.54, 1.807) is 4.90 Å². The third kappa shape index (κ3) is 4.93. The molecule has 134 valence electrons. The summed E-state index contributed by atoms with van der Waals surface area (Å²) in [6.07, 6.45) is 0.483. The summed E-state index contributed by atoms with van der Waals surface area (Å²) in [5.74, 6) is 0.237. The van der Waals surface area contributed by atoms with Gasteiger partial charge in [-0.15, -0.1) is 10.2 Å². The molecular weight excluding hydrogens is 380 g/mol. The first-order chi connectivity index (χ1) is 11.9. The number of nitrogens with two attached hydrogens (primary N) is 1. The molecule has 2 aromatic rings. The number of carbonyl (C=O) groups excluding carboxylic acids is 1. The zero-order valence-electron chi connectivity index (χ0n) is 13.4. The Kier molecular flexibility index (Phi) is 5.60. The van der Waals surface area contributed by atoms with E-state index in [9.17, 15) is 13.2 Å². The van der Waals surface area contributed by atoms with Gasteiger partial charge in [-0.25, -0.2) is 8.42 Å². The van der Waals surface area contributed by atoms with E-state index in [1.807, 2.05) is 30.3 Å². The van der Waals surface area contributed by atoms with Gasteiger partial charge in [-0.3, -0.25) is 4.79 Å². The fourth-order valence-corrected chi connectivity index (χ4v) is 5.96. The van der Waals surface area contributed by atoms with Crippen LogP contribution in [0, 0.1) is 0 Å². The van der Waals surface area contributed by atoms with Crippen LogP contribution in [0.2, 0.25) is 0 Å². The molecule has 1 saturated heterocycles. The van der Waals surface area contributed by atoms with E-state index in [1.165, 1.54) is 23.1 Å². The fourth-order valence-electron chi connectivity index (χ4n) is 2.71. The zero-order chi connectivity index (χ0) is 17.9. The van der Waals surface area contributed by atoms with Crippen LogP contribution in [0.15, 0.2) is 34.7 Å². The molecule has 25 heavy (non-hydrogen) atoms. The Balaban J connectivity index is 1.71. The molecule has 0 radical (unpaired) electrons. The van der Waals surface area contributed by atoms with Crippen LogP contribution in [0.3, 0.4) is 0 Å². The first kappa shape index (κ1) is 18.2. The van der Waals surface area contributed by atoms with Gasteiger partial charge in [-0.2, -0.15) is 0 Å². The van der Waals surface area contributed by atoms with Gasteiger partial charge in [0.15, 0.2) is 14.2 Å². The van der Waals surface area contributed by atoms with Gasteiger partial charge >= 0.3 is 0 Å². The molecule has 1 fully saturated rings. The standard InChI is InChI=1S/C15H18N4O3S3/c16-14-17-18-15(24-14)23-9-13(20)19(8-11-4-2-1-3-5-11)12-6-7-25(21,22)10-12/h1-5,12H,6-10H2,(H2,16,17)/t12-/m0/s1. The quantitative estimate of drug-likeness (QED) is 0.734. The summed E-state index contributed by atoms with van der Waals surface area (Å²) in [6.45, 7) is 0.401. The molecule has 1 aromatic heterocycles. The highest BCUT2D eigenvalue weighted by atomic mass is 32.2. The second-order valence-electron chi connectivity index (χ2n) is 5.76. The summed E-state index contributed by atoms with van der Waals surface area (Å²) in [7, 11) is -3.07. The summed E-state index contributed by atoms with van der Waals surface area (Å²) >= 11 is 2.50. The number of nitrogen functional groups attached to an aromatic ring is 1. The lowest BCUT2D eigenvalue weighted by Gasteiger charge is -2.28. The van der Waals surface area contributed by atoms with Crippen molar-refractivity contribution in [3.05, 3.63) is 35.9 Å². The topological polar surface area (TPSA) is 106 Å². The third-order valence-electron chi connectivity index (χ3n) is 3.91. The number of hydrogen-bond donors (Lipinski definition) is 1. The Bertz CT molecular complexity index is 839. The molecule has 3 rings (SSSR count). The molecule has 2 heterocycles. The van der Waals surface area contributed by atoms with Crippen molar-refractivity contribution in [3.8, 4) is 0 Å². The van der Waals surface area contributed by atoms with E-state index in [0.29, 0.717) is 22.4 Å². The van der Waals surface area contributed by atoms with Crippen molar-refractivity contribution < 1.29 is 13.2 Å². The monoisotopic (exact) mass is 398 g/mol. The van der Waals surface area contributed by atoms with Gasteiger partial charge in [-0.05, 0) is 12.0 Å². The lowest BCUT2D eigenvalue weighted by atomic mass is 10.1. The SMILES string of the molecule is Nc1nnc(SCC(=O)N(Cc2ccccc2)[C@H]2CCS(=O)(=O)C2)s1. The summed E-state index contributed by atoms with van der Waals surface area (Å²) < 4.78 is 24.3. The number of anilines is 1. The normalized spacial score (nSPS) is 19.0. The predicted octanol–water partition coefficient (Wildman–Crippen LogP) is 1.43. The molecule has 0 bridgehead atoms. The van der Waals surface area contributed by atoms with Gasteiger partial charge in [0.25, 0.3) is 0 Å². The van der Waals surface area contributed by atoms with Crippen LogP contribution < -0.4 is 5.73 Å². The number of carbonyl (C=O) groups is 1. The zero-order valence-corrected chi connectivity index (χ0v) is 15.8. The van der Waals surface area contributed by atoms with Crippen LogP contribution in [0.5, 0.6) is 0 Å². The molecule has 0 spiro atoms. The van der Waals surface area contributed by atoms with Crippen molar-refractivity contribution in [1.82, 2.24) is 15.1 Å². The lowest BCUT2D eigenvalue weighted by molar-refractivity contribution is -0.130. The predicted molar refractivity (Wildman–Crippen MR) is 99.1 cm³/mol. The first-order valence-electron chi connectivity index (χ1n) is 7.68. The van der Waals surface area contributed by atoms with E-state index >= 15 is 0 Å². The van der Waals surface area contributed by atoms with Gasteiger partial charge in [0, 0.05) is 12.6 Å². The molecule has 1 atom stereocenters. The van der Waals surface area contributed by atoms with Crippen LogP contribution in [0.4, 0.5) is 5.13 Å². The van der Waals surface area contributed by atoms with E-state index in [-0.39, 0.29) is 29.2 Å². The Morgan fingerprint density at radius 3 is 2.68 bits per heavy atom. The molecule has 1 aliphatic heterocycles. The van der Waals surface area contributed by atoms with E-state index in [2.05, 4.69) is 10.2 Å². The number of nitrogens with zero attached hydrogens (tertiary/aromatic N) is 3. The van der Waals surface area contributed by atoms with E-state index < -0.39 is 9.84 Å². The fraction of sp³-hybridized carbons (Fsp3) is 0.400. The highest BCUT2D eigenvalue weighted by Crippen LogP contribution is 2.26. The highest BCUT2D eigenvalue weighted by molar-refractivity contribution is 8.01. The Morgan fingerprint density at radius 2 is 2.08 bits per heavy atom. The maximum atomic E-state index is 12.8. The maximum Gasteiger partial charge on any atom is 0.233 e. The van der Waals surface area contributed by atoms with Gasteiger partial charge in [-0.1, -0.05) is 53.4 Å². The van der Waals surface area contributed by atoms with E-state index in [4.69, 9.17) is 5.73 Å². The molecule has 2 N–H and O–H groups in total. The molecule has 7 nitrogen and oxygen atoms in total. The second-order valence-corrected chi connectivity index (χ2v) is 10.2. The third-order valence-corrected chi connectivity index (χ3v) is 7.53. The summed E-state index contributed by atoms with van der Waals surface area (Å²) in [5.41, 5.74) is 6.52.